The summed E-state index contributed by atoms with van der Waals surface area (Å²) >= 11 is 0. The highest BCUT2D eigenvalue weighted by Gasteiger charge is 1.82. The maximum absolute atomic E-state index is 3.83. The van der Waals surface area contributed by atoms with E-state index in [9.17, 15) is 0 Å². The van der Waals surface area contributed by atoms with Crippen LogP contribution >= 0.6 is 8.19 Å². The molecule has 0 atom stereocenters. The van der Waals surface area contributed by atoms with E-state index in [2.05, 4.69) is 26.3 Å². The Morgan fingerprint density at radius 1 is 0.778 bits per heavy atom. The third-order valence-electron chi connectivity index (χ3n) is 1.39. The van der Waals surface area contributed by atoms with Crippen LogP contribution in [0, 0.1) is 0 Å². The van der Waals surface area contributed by atoms with E-state index in [-0.39, 0.29) is 0 Å². The summed E-state index contributed by atoms with van der Waals surface area (Å²) in [6.45, 7) is 15.3. The molecule has 1 heterocycles. The molecule has 0 aromatic carbocycles. The van der Waals surface area contributed by atoms with E-state index in [1.807, 2.05) is 0 Å². The molecule has 0 fully saturated rings. The largest absolute Gasteiger partial charge is 0.125 e. The van der Waals surface area contributed by atoms with Crippen LogP contribution < -0.4 is 20.3 Å². The van der Waals surface area contributed by atoms with Crippen LogP contribution in [0.3, 0.4) is 0 Å². The van der Waals surface area contributed by atoms with Crippen molar-refractivity contribution < 1.29 is 0 Å². The number of hydrogen-bond donors (Lipinski definition) is 0. The Morgan fingerprint density at radius 2 is 1.11 bits per heavy atom. The van der Waals surface area contributed by atoms with Gasteiger partial charge >= 0.3 is 0 Å². The Balaban J connectivity index is 4.15. The molecule has 0 aliphatic carbocycles. The number of rotatable bonds is 0. The molecule has 0 radical (unpaired) electrons. The van der Waals surface area contributed by atoms with E-state index in [1.165, 1.54) is 0 Å². The van der Waals surface area contributed by atoms with Gasteiger partial charge in [0.15, 0.2) is 0 Å². The van der Waals surface area contributed by atoms with E-state index < -0.39 is 0 Å². The lowest BCUT2D eigenvalue weighted by molar-refractivity contribution is 1.63. The smallest absolute Gasteiger partial charge is 0.00842 e. The average Bonchev–Trinajstić information content (AvgIpc) is 1.98. The minimum Gasteiger partial charge on any atom is -0.125 e. The van der Waals surface area contributed by atoms with Gasteiger partial charge in [0, 0.05) is 0 Å². The summed E-state index contributed by atoms with van der Waals surface area (Å²) < 4.78 is 0. The minimum atomic E-state index is 0.629. The molecule has 0 aliphatic rings. The fourth-order valence-electron chi connectivity index (χ4n) is 0.697. The second kappa shape index (κ2) is 1.89. The van der Waals surface area contributed by atoms with Gasteiger partial charge < -0.3 is 0 Å². The first-order valence-electron chi connectivity index (χ1n) is 2.66. The summed E-state index contributed by atoms with van der Waals surface area (Å²) in [5.41, 5.74) is 0. The van der Waals surface area contributed by atoms with E-state index in [0.29, 0.717) is 8.19 Å². The average molecular weight is 136 g/mol. The summed E-state index contributed by atoms with van der Waals surface area (Å²) in [6.07, 6.45) is 0. The highest BCUT2D eigenvalue weighted by molar-refractivity contribution is 7.28. The fraction of sp³-hybridized carbons (Fsp3) is 0. The molecule has 0 unspecified atom stereocenters. The Kier molecular flexibility index (Phi) is 1.34. The molecule has 1 rings (SSSR count). The Morgan fingerprint density at radius 3 is 1.22 bits per heavy atom. The van der Waals surface area contributed by atoms with Crippen LogP contribution in [0.1, 0.15) is 0 Å². The molecule has 0 aliphatic heterocycles. The summed E-state index contributed by atoms with van der Waals surface area (Å²) in [4.78, 5) is 2.18. The molecule has 0 amide bonds. The topological polar surface area (TPSA) is 0 Å². The van der Waals surface area contributed by atoms with Crippen molar-refractivity contribution in [3.8, 4) is 0 Å². The maximum atomic E-state index is 3.83. The SMILES string of the molecule is C=c1[pH]c(=C)c(=C)c1=C. The van der Waals surface area contributed by atoms with Gasteiger partial charge in [-0.2, -0.15) is 0 Å². The zero-order valence-corrected chi connectivity index (χ0v) is 6.33. The first-order valence-corrected chi connectivity index (χ1v) is 3.66. The van der Waals surface area contributed by atoms with Gasteiger partial charge in [0.2, 0.25) is 0 Å². The number of hydrogen-bond acceptors (Lipinski definition) is 0. The van der Waals surface area contributed by atoms with Crippen LogP contribution in [0.2, 0.25) is 0 Å². The predicted molar refractivity (Wildman–Crippen MR) is 46.5 cm³/mol. The van der Waals surface area contributed by atoms with Crippen LogP contribution in [0.15, 0.2) is 0 Å². The molecule has 0 saturated heterocycles. The van der Waals surface area contributed by atoms with Gasteiger partial charge in [0.25, 0.3) is 0 Å². The van der Waals surface area contributed by atoms with Crippen LogP contribution in [-0.2, 0) is 0 Å². The van der Waals surface area contributed by atoms with Crippen molar-refractivity contribution in [3.63, 3.8) is 0 Å². The van der Waals surface area contributed by atoms with E-state index >= 15 is 0 Å². The van der Waals surface area contributed by atoms with Gasteiger partial charge in [-0.1, -0.05) is 26.3 Å². The van der Waals surface area contributed by atoms with Crippen molar-refractivity contribution in [1.82, 2.24) is 0 Å². The maximum Gasteiger partial charge on any atom is -0.00842 e. The molecule has 0 saturated carbocycles. The highest BCUT2D eigenvalue weighted by Crippen LogP contribution is 1.68. The van der Waals surface area contributed by atoms with Crippen LogP contribution in [-0.4, -0.2) is 0 Å². The highest BCUT2D eigenvalue weighted by atomic mass is 31.0. The van der Waals surface area contributed by atoms with Crippen molar-refractivity contribution in [1.29, 1.82) is 0 Å². The predicted octanol–water partition coefficient (Wildman–Crippen LogP) is -0.641. The lowest BCUT2D eigenvalue weighted by atomic mass is 10.4. The lowest BCUT2D eigenvalue weighted by Crippen LogP contribution is -2.33. The zero-order valence-electron chi connectivity index (χ0n) is 5.33. The molecule has 0 nitrogen and oxygen atoms in total. The summed E-state index contributed by atoms with van der Waals surface area (Å²) in [7, 11) is 0.629. The van der Waals surface area contributed by atoms with Crippen LogP contribution in [0.4, 0.5) is 0 Å². The standard InChI is InChI=1S/C8H9P/c1-5-6(2)8(4)9-7(5)3/h9H,1-4H2. The molecular weight excluding hydrogens is 127 g/mol. The lowest BCUT2D eigenvalue weighted by Gasteiger charge is -1.65. The molecule has 0 N–H and O–H groups in total. The van der Waals surface area contributed by atoms with Crippen molar-refractivity contribution >= 4 is 34.5 Å². The Hall–Kier alpha value is -0.740. The molecule has 1 aromatic rings. The minimum absolute atomic E-state index is 0.629. The van der Waals surface area contributed by atoms with Crippen molar-refractivity contribution in [2.45, 2.75) is 0 Å². The molecule has 1 heteroatoms. The molecule has 9 heavy (non-hydrogen) atoms. The van der Waals surface area contributed by atoms with E-state index in [4.69, 9.17) is 0 Å². The third-order valence-corrected chi connectivity index (χ3v) is 2.60. The van der Waals surface area contributed by atoms with Gasteiger partial charge in [-0.15, -0.1) is 8.19 Å². The summed E-state index contributed by atoms with van der Waals surface area (Å²) in [5.74, 6) is 0. The summed E-state index contributed by atoms with van der Waals surface area (Å²) in [6, 6.07) is 0. The van der Waals surface area contributed by atoms with Crippen molar-refractivity contribution in [2.75, 3.05) is 0 Å². The zero-order chi connectivity index (χ0) is 7.02. The summed E-state index contributed by atoms with van der Waals surface area (Å²) in [5, 5.41) is 1.97. The molecule has 0 spiro atoms. The Labute approximate surface area is 55.6 Å². The van der Waals surface area contributed by atoms with Crippen molar-refractivity contribution in [2.24, 2.45) is 0 Å². The van der Waals surface area contributed by atoms with Gasteiger partial charge in [0.05, 0.1) is 0 Å². The van der Waals surface area contributed by atoms with E-state index in [0.717, 1.165) is 20.3 Å². The second-order valence-corrected chi connectivity index (χ2v) is 3.50. The monoisotopic (exact) mass is 136 g/mol. The third kappa shape index (κ3) is 0.863. The van der Waals surface area contributed by atoms with Gasteiger partial charge in [0.1, 0.15) is 0 Å². The van der Waals surface area contributed by atoms with Crippen molar-refractivity contribution in [3.05, 3.63) is 20.3 Å². The van der Waals surface area contributed by atoms with Gasteiger partial charge in [-0.05, 0) is 20.3 Å². The Bertz CT molecular complexity index is 359. The molecule has 46 valence electrons. The van der Waals surface area contributed by atoms with Crippen LogP contribution in [0.5, 0.6) is 0 Å². The van der Waals surface area contributed by atoms with Gasteiger partial charge in [-0.25, -0.2) is 0 Å². The molecule has 1 aromatic heterocycles. The first-order chi connectivity index (χ1) is 4.13. The second-order valence-electron chi connectivity index (χ2n) is 2.04. The van der Waals surface area contributed by atoms with Crippen LogP contribution in [0.25, 0.3) is 26.3 Å². The van der Waals surface area contributed by atoms with Gasteiger partial charge in [-0.3, -0.25) is 0 Å². The quantitative estimate of drug-likeness (QED) is 0.445. The molecule has 0 bridgehead atoms. The molecular formula is C8H9P. The normalized spacial score (nSPS) is 9.78. The van der Waals surface area contributed by atoms with E-state index in [1.54, 1.807) is 0 Å². The fourth-order valence-corrected chi connectivity index (χ4v) is 1.67. The first kappa shape index (κ1) is 6.38.